The van der Waals surface area contributed by atoms with Crippen molar-refractivity contribution in [2.45, 2.75) is 4.90 Å². The monoisotopic (exact) mass is 229 g/mol. The Labute approximate surface area is 96.9 Å². The van der Waals surface area contributed by atoms with E-state index in [4.69, 9.17) is 0 Å². The van der Waals surface area contributed by atoms with E-state index in [-0.39, 0.29) is 11.8 Å². The van der Waals surface area contributed by atoms with Crippen LogP contribution in [-0.4, -0.2) is 11.8 Å². The van der Waals surface area contributed by atoms with E-state index in [2.05, 4.69) is 17.9 Å². The highest BCUT2D eigenvalue weighted by atomic mass is 32.1. The quantitative estimate of drug-likeness (QED) is 0.536. The summed E-state index contributed by atoms with van der Waals surface area (Å²) in [5.41, 5.74) is 1.01. The minimum atomic E-state index is -0.376. The summed E-state index contributed by atoms with van der Waals surface area (Å²) in [7, 11) is 0. The van der Waals surface area contributed by atoms with Crippen LogP contribution in [-0.2, 0) is 0 Å². The molecule has 0 aliphatic carbocycles. The van der Waals surface area contributed by atoms with Crippen molar-refractivity contribution in [3.63, 3.8) is 0 Å². The Bertz CT molecular complexity index is 649. The lowest BCUT2D eigenvalue weighted by molar-refractivity contribution is 0.0843. The molecule has 0 bridgehead atoms. The molecule has 1 heterocycles. The van der Waals surface area contributed by atoms with Gasteiger partial charge in [-0.25, -0.2) is 0 Å². The van der Waals surface area contributed by atoms with Crippen molar-refractivity contribution in [3.05, 3.63) is 41.5 Å². The second kappa shape index (κ2) is 3.09. The van der Waals surface area contributed by atoms with Crippen molar-refractivity contribution in [1.82, 2.24) is 5.32 Å². The summed E-state index contributed by atoms with van der Waals surface area (Å²) in [5, 5.41) is 3.89. The molecule has 0 aromatic heterocycles. The lowest BCUT2D eigenvalue weighted by Gasteiger charge is -2.17. The summed E-state index contributed by atoms with van der Waals surface area (Å²) in [6.07, 6.45) is 0. The van der Waals surface area contributed by atoms with Gasteiger partial charge >= 0.3 is 0 Å². The Morgan fingerprint density at radius 3 is 2.62 bits per heavy atom. The largest absolute Gasteiger partial charge is 0.288 e. The average molecular weight is 229 g/mol. The van der Waals surface area contributed by atoms with Crippen molar-refractivity contribution >= 4 is 35.2 Å². The van der Waals surface area contributed by atoms with Crippen LogP contribution in [0.3, 0.4) is 0 Å². The Morgan fingerprint density at radius 1 is 1.00 bits per heavy atom. The van der Waals surface area contributed by atoms with E-state index in [1.807, 2.05) is 12.1 Å². The number of amides is 2. The van der Waals surface area contributed by atoms with Crippen LogP contribution in [0.2, 0.25) is 0 Å². The number of benzene rings is 2. The van der Waals surface area contributed by atoms with Gasteiger partial charge in [0.05, 0.1) is 5.56 Å². The number of imide groups is 1. The Balaban J connectivity index is 2.58. The fourth-order valence-electron chi connectivity index (χ4n) is 2.02. The Kier molecular flexibility index (Phi) is 1.82. The molecule has 0 fully saturated rings. The highest BCUT2D eigenvalue weighted by molar-refractivity contribution is 7.80. The molecule has 3 nitrogen and oxygen atoms in total. The maximum atomic E-state index is 11.7. The van der Waals surface area contributed by atoms with Gasteiger partial charge in [-0.15, -0.1) is 12.6 Å². The van der Waals surface area contributed by atoms with Crippen LogP contribution in [0.1, 0.15) is 20.7 Å². The van der Waals surface area contributed by atoms with E-state index >= 15 is 0 Å². The molecule has 16 heavy (non-hydrogen) atoms. The molecule has 0 saturated carbocycles. The van der Waals surface area contributed by atoms with Gasteiger partial charge in [0.2, 0.25) is 0 Å². The van der Waals surface area contributed by atoms with Gasteiger partial charge in [0.15, 0.2) is 0 Å². The fraction of sp³-hybridized carbons (Fsp3) is 0. The average Bonchev–Trinajstić information content (AvgIpc) is 2.26. The zero-order chi connectivity index (χ0) is 11.3. The molecule has 2 amide bonds. The van der Waals surface area contributed by atoms with Gasteiger partial charge in [0.1, 0.15) is 0 Å². The third kappa shape index (κ3) is 1.10. The van der Waals surface area contributed by atoms with Gasteiger partial charge in [0.25, 0.3) is 11.8 Å². The van der Waals surface area contributed by atoms with E-state index < -0.39 is 0 Å². The zero-order valence-electron chi connectivity index (χ0n) is 8.15. The number of rotatable bonds is 0. The van der Waals surface area contributed by atoms with Crippen LogP contribution >= 0.6 is 12.6 Å². The number of hydrogen-bond donors (Lipinski definition) is 2. The molecule has 0 radical (unpaired) electrons. The molecule has 78 valence electrons. The third-order valence-corrected chi connectivity index (χ3v) is 3.10. The van der Waals surface area contributed by atoms with Gasteiger partial charge in [-0.2, -0.15) is 0 Å². The van der Waals surface area contributed by atoms with Gasteiger partial charge in [-0.1, -0.05) is 18.2 Å². The molecule has 1 aliphatic rings. The van der Waals surface area contributed by atoms with E-state index in [1.165, 1.54) is 0 Å². The van der Waals surface area contributed by atoms with Gasteiger partial charge < -0.3 is 0 Å². The lowest BCUT2D eigenvalue weighted by atomic mass is 9.95. The SMILES string of the molecule is O=C1NC(=O)c2c(S)ccc3cccc1c23. The molecular formula is C12H7NO2S. The predicted octanol–water partition coefficient (Wildman–Crippen LogP) is 2.01. The van der Waals surface area contributed by atoms with Crippen LogP contribution in [0.25, 0.3) is 10.8 Å². The first-order valence-corrected chi connectivity index (χ1v) is 5.23. The van der Waals surface area contributed by atoms with Crippen molar-refractivity contribution in [2.75, 3.05) is 0 Å². The predicted molar refractivity (Wildman–Crippen MR) is 63.0 cm³/mol. The molecule has 0 spiro atoms. The molecule has 0 saturated heterocycles. The summed E-state index contributed by atoms with van der Waals surface area (Å²) in [4.78, 5) is 23.9. The molecule has 1 aliphatic heterocycles. The van der Waals surface area contributed by atoms with E-state index in [0.29, 0.717) is 21.4 Å². The summed E-state index contributed by atoms with van der Waals surface area (Å²) < 4.78 is 0. The van der Waals surface area contributed by atoms with Crippen LogP contribution in [0.15, 0.2) is 35.2 Å². The number of carbonyl (C=O) groups is 2. The number of carbonyl (C=O) groups excluding carboxylic acids is 2. The highest BCUT2D eigenvalue weighted by Gasteiger charge is 2.26. The van der Waals surface area contributed by atoms with Crippen molar-refractivity contribution in [2.24, 2.45) is 0 Å². The first-order valence-electron chi connectivity index (χ1n) is 4.79. The fourth-order valence-corrected chi connectivity index (χ4v) is 2.31. The topological polar surface area (TPSA) is 46.2 Å². The van der Waals surface area contributed by atoms with E-state index in [9.17, 15) is 9.59 Å². The summed E-state index contributed by atoms with van der Waals surface area (Å²) in [6.45, 7) is 0. The molecule has 1 N–H and O–H groups in total. The van der Waals surface area contributed by atoms with Crippen LogP contribution in [0.4, 0.5) is 0 Å². The summed E-state index contributed by atoms with van der Waals surface area (Å²) in [6, 6.07) is 9.01. The minimum absolute atomic E-state index is 0.345. The van der Waals surface area contributed by atoms with E-state index in [0.717, 1.165) is 5.39 Å². The van der Waals surface area contributed by atoms with Crippen molar-refractivity contribution < 1.29 is 9.59 Å². The maximum Gasteiger partial charge on any atom is 0.259 e. The van der Waals surface area contributed by atoms with Crippen LogP contribution < -0.4 is 5.32 Å². The molecular weight excluding hydrogens is 222 g/mol. The van der Waals surface area contributed by atoms with E-state index in [1.54, 1.807) is 18.2 Å². The molecule has 2 aromatic rings. The molecule has 0 unspecified atom stereocenters. The second-order valence-corrected chi connectivity index (χ2v) is 4.13. The molecule has 2 aromatic carbocycles. The van der Waals surface area contributed by atoms with Crippen molar-refractivity contribution in [3.8, 4) is 0 Å². The normalized spacial score (nSPS) is 14.1. The second-order valence-electron chi connectivity index (χ2n) is 3.65. The lowest BCUT2D eigenvalue weighted by Crippen LogP contribution is -2.35. The molecule has 3 rings (SSSR count). The van der Waals surface area contributed by atoms with Crippen LogP contribution in [0.5, 0.6) is 0 Å². The Hall–Kier alpha value is -1.81. The minimum Gasteiger partial charge on any atom is -0.288 e. The third-order valence-electron chi connectivity index (χ3n) is 2.72. The molecule has 4 heteroatoms. The van der Waals surface area contributed by atoms with Gasteiger partial charge in [-0.3, -0.25) is 14.9 Å². The first kappa shape index (κ1) is 9.42. The number of nitrogens with one attached hydrogen (secondary N) is 1. The van der Waals surface area contributed by atoms with Gasteiger partial charge in [-0.05, 0) is 17.5 Å². The van der Waals surface area contributed by atoms with Gasteiger partial charge in [0, 0.05) is 15.8 Å². The number of hydrogen-bond acceptors (Lipinski definition) is 3. The first-order chi connectivity index (χ1) is 7.68. The standard InChI is InChI=1S/C12H7NO2S/c14-11-7-3-1-2-6-4-5-8(16)10(9(6)7)12(15)13-11/h1-5,16H,(H,13,14,15). The summed E-state index contributed by atoms with van der Waals surface area (Å²) in [5.74, 6) is -0.721. The Morgan fingerprint density at radius 2 is 1.81 bits per heavy atom. The highest BCUT2D eigenvalue weighted by Crippen LogP contribution is 2.30. The maximum absolute atomic E-state index is 11.7. The zero-order valence-corrected chi connectivity index (χ0v) is 9.04. The smallest absolute Gasteiger partial charge is 0.259 e. The van der Waals surface area contributed by atoms with Crippen molar-refractivity contribution in [1.29, 1.82) is 0 Å². The van der Waals surface area contributed by atoms with Crippen LogP contribution in [0, 0.1) is 0 Å². The number of thiol groups is 1. The summed E-state index contributed by atoms with van der Waals surface area (Å²) >= 11 is 4.25. The molecule has 0 atom stereocenters.